The highest BCUT2D eigenvalue weighted by Gasteiger charge is 2.21. The lowest BCUT2D eigenvalue weighted by atomic mass is 10.3. The minimum atomic E-state index is -0.579. The van der Waals surface area contributed by atoms with Gasteiger partial charge in [-0.15, -0.1) is 0 Å². The standard InChI is InChI=1S/C13H8Br2ClNO4/c1-20-11-5-8(15)12(6-7(11)14)21-10-4-2-3-9(16)13(10)17(18)19/h2-6H,1H3. The molecule has 8 heteroatoms. The number of halogens is 3. The molecule has 110 valence electrons. The first kappa shape index (κ1) is 16.1. The Morgan fingerprint density at radius 2 is 1.76 bits per heavy atom. The Labute approximate surface area is 142 Å². The Balaban J connectivity index is 2.46. The third kappa shape index (κ3) is 3.48. The molecule has 0 atom stereocenters. The van der Waals surface area contributed by atoms with Gasteiger partial charge in [0.25, 0.3) is 0 Å². The molecule has 0 aliphatic heterocycles. The summed E-state index contributed by atoms with van der Waals surface area (Å²) in [6.07, 6.45) is 0. The molecule has 2 aromatic carbocycles. The zero-order valence-electron chi connectivity index (χ0n) is 10.6. The quantitative estimate of drug-likeness (QED) is 0.463. The van der Waals surface area contributed by atoms with Crippen LogP contribution in [0.1, 0.15) is 0 Å². The van der Waals surface area contributed by atoms with E-state index in [1.165, 1.54) is 19.2 Å². The van der Waals surface area contributed by atoms with Gasteiger partial charge in [0.15, 0.2) is 0 Å². The first-order valence-electron chi connectivity index (χ1n) is 5.58. The second kappa shape index (κ2) is 6.64. The lowest BCUT2D eigenvalue weighted by molar-refractivity contribution is -0.385. The number of para-hydroxylation sites is 1. The van der Waals surface area contributed by atoms with Crippen LogP contribution >= 0.6 is 43.5 Å². The van der Waals surface area contributed by atoms with Gasteiger partial charge in [0.1, 0.15) is 16.5 Å². The number of benzene rings is 2. The van der Waals surface area contributed by atoms with Crippen molar-refractivity contribution in [3.63, 3.8) is 0 Å². The third-order valence-corrected chi connectivity index (χ3v) is 4.10. The minimum absolute atomic E-state index is 0.0150. The SMILES string of the molecule is COc1cc(Br)c(Oc2cccc(Cl)c2[N+](=O)[O-])cc1Br. The van der Waals surface area contributed by atoms with Gasteiger partial charge in [0, 0.05) is 0 Å². The van der Waals surface area contributed by atoms with Crippen LogP contribution in [-0.4, -0.2) is 12.0 Å². The van der Waals surface area contributed by atoms with E-state index >= 15 is 0 Å². The summed E-state index contributed by atoms with van der Waals surface area (Å²) in [5.41, 5.74) is -0.280. The van der Waals surface area contributed by atoms with Crippen molar-refractivity contribution in [1.82, 2.24) is 0 Å². The molecule has 0 unspecified atom stereocenters. The van der Waals surface area contributed by atoms with E-state index < -0.39 is 4.92 Å². The van der Waals surface area contributed by atoms with Crippen molar-refractivity contribution < 1.29 is 14.4 Å². The molecular weight excluding hydrogens is 429 g/mol. The second-order valence-electron chi connectivity index (χ2n) is 3.86. The maximum atomic E-state index is 11.1. The highest BCUT2D eigenvalue weighted by Crippen LogP contribution is 2.42. The molecule has 0 saturated heterocycles. The monoisotopic (exact) mass is 435 g/mol. The molecule has 0 amide bonds. The van der Waals surface area contributed by atoms with Gasteiger partial charge in [-0.05, 0) is 56.1 Å². The average molecular weight is 437 g/mol. The topological polar surface area (TPSA) is 61.6 Å². The Morgan fingerprint density at radius 3 is 2.38 bits per heavy atom. The molecule has 0 aromatic heterocycles. The normalized spacial score (nSPS) is 10.3. The molecule has 5 nitrogen and oxygen atoms in total. The maximum Gasteiger partial charge on any atom is 0.329 e. The molecule has 0 spiro atoms. The summed E-state index contributed by atoms with van der Waals surface area (Å²) in [6, 6.07) is 7.83. The number of nitrogens with zero attached hydrogens (tertiary/aromatic N) is 1. The van der Waals surface area contributed by atoms with Crippen LogP contribution in [0.2, 0.25) is 5.02 Å². The highest BCUT2D eigenvalue weighted by molar-refractivity contribution is 9.11. The van der Waals surface area contributed by atoms with Crippen LogP contribution in [0.3, 0.4) is 0 Å². The molecule has 2 rings (SSSR count). The van der Waals surface area contributed by atoms with Gasteiger partial charge >= 0.3 is 5.69 Å². The number of ether oxygens (including phenoxy) is 2. The zero-order chi connectivity index (χ0) is 15.6. The number of hydrogen-bond acceptors (Lipinski definition) is 4. The molecule has 0 N–H and O–H groups in total. The summed E-state index contributed by atoms with van der Waals surface area (Å²) >= 11 is 12.5. The van der Waals surface area contributed by atoms with Crippen LogP contribution in [0.5, 0.6) is 17.2 Å². The summed E-state index contributed by atoms with van der Waals surface area (Å²) in [4.78, 5) is 10.5. The fourth-order valence-electron chi connectivity index (χ4n) is 1.62. The van der Waals surface area contributed by atoms with Crippen molar-refractivity contribution in [2.45, 2.75) is 0 Å². The van der Waals surface area contributed by atoms with Crippen LogP contribution in [0.15, 0.2) is 39.3 Å². The molecular formula is C13H8Br2ClNO4. The van der Waals surface area contributed by atoms with Gasteiger partial charge in [-0.3, -0.25) is 10.1 Å². The lowest BCUT2D eigenvalue weighted by Gasteiger charge is -2.11. The molecule has 0 aliphatic rings. The first-order valence-corrected chi connectivity index (χ1v) is 7.54. The van der Waals surface area contributed by atoms with Crippen molar-refractivity contribution in [3.05, 3.63) is 54.4 Å². The van der Waals surface area contributed by atoms with Crippen LogP contribution in [0.25, 0.3) is 0 Å². The molecule has 2 aromatic rings. The van der Waals surface area contributed by atoms with E-state index in [9.17, 15) is 10.1 Å². The van der Waals surface area contributed by atoms with Crippen molar-refractivity contribution in [2.75, 3.05) is 7.11 Å². The lowest BCUT2D eigenvalue weighted by Crippen LogP contribution is -1.95. The summed E-state index contributed by atoms with van der Waals surface area (Å²) in [6.45, 7) is 0. The number of hydrogen-bond donors (Lipinski definition) is 0. The summed E-state index contributed by atoms with van der Waals surface area (Å²) in [7, 11) is 1.54. The molecule has 0 saturated carbocycles. The van der Waals surface area contributed by atoms with Gasteiger partial charge in [-0.25, -0.2) is 0 Å². The first-order chi connectivity index (χ1) is 9.93. The minimum Gasteiger partial charge on any atom is -0.496 e. The van der Waals surface area contributed by atoms with Crippen molar-refractivity contribution >= 4 is 49.1 Å². The van der Waals surface area contributed by atoms with E-state index in [2.05, 4.69) is 31.9 Å². The highest BCUT2D eigenvalue weighted by atomic mass is 79.9. The molecule has 0 fully saturated rings. The fourth-order valence-corrected chi connectivity index (χ4v) is 2.74. The van der Waals surface area contributed by atoms with Crippen LogP contribution in [0.4, 0.5) is 5.69 Å². The van der Waals surface area contributed by atoms with Gasteiger partial charge < -0.3 is 9.47 Å². The summed E-state index contributed by atoms with van der Waals surface area (Å²) < 4.78 is 12.0. The smallest absolute Gasteiger partial charge is 0.329 e. The van der Waals surface area contributed by atoms with Crippen molar-refractivity contribution in [2.24, 2.45) is 0 Å². The fraction of sp³-hybridized carbons (Fsp3) is 0.0769. The zero-order valence-corrected chi connectivity index (χ0v) is 14.5. The molecule has 0 heterocycles. The third-order valence-electron chi connectivity index (χ3n) is 2.56. The Hall–Kier alpha value is -1.31. The predicted octanol–water partition coefficient (Wildman–Crippen LogP) is 5.57. The van der Waals surface area contributed by atoms with Gasteiger partial charge in [-0.1, -0.05) is 17.7 Å². The molecule has 0 bridgehead atoms. The van der Waals surface area contributed by atoms with E-state index in [0.717, 1.165) is 0 Å². The largest absolute Gasteiger partial charge is 0.496 e. The van der Waals surface area contributed by atoms with E-state index in [4.69, 9.17) is 21.1 Å². The Bertz CT molecular complexity index is 709. The van der Waals surface area contributed by atoms with E-state index in [1.54, 1.807) is 18.2 Å². The van der Waals surface area contributed by atoms with Crippen LogP contribution in [0, 0.1) is 10.1 Å². The van der Waals surface area contributed by atoms with E-state index in [-0.39, 0.29) is 16.5 Å². The van der Waals surface area contributed by atoms with E-state index in [0.29, 0.717) is 20.4 Å². The number of nitro groups is 1. The van der Waals surface area contributed by atoms with Gasteiger partial charge in [-0.2, -0.15) is 0 Å². The molecule has 21 heavy (non-hydrogen) atoms. The van der Waals surface area contributed by atoms with Crippen molar-refractivity contribution in [1.29, 1.82) is 0 Å². The number of rotatable bonds is 4. The number of methoxy groups -OCH3 is 1. The Morgan fingerprint density at radius 1 is 1.14 bits per heavy atom. The summed E-state index contributed by atoms with van der Waals surface area (Å²) in [5.74, 6) is 1.06. The van der Waals surface area contributed by atoms with Gasteiger partial charge in [0.2, 0.25) is 5.75 Å². The molecule has 0 radical (unpaired) electrons. The summed E-state index contributed by atoms with van der Waals surface area (Å²) in [5, 5.41) is 11.1. The van der Waals surface area contributed by atoms with Gasteiger partial charge in [0.05, 0.1) is 21.0 Å². The average Bonchev–Trinajstić information content (AvgIpc) is 2.42. The predicted molar refractivity (Wildman–Crippen MR) is 86.6 cm³/mol. The van der Waals surface area contributed by atoms with Crippen molar-refractivity contribution in [3.8, 4) is 17.2 Å². The van der Waals surface area contributed by atoms with E-state index in [1.807, 2.05) is 0 Å². The number of nitro benzene ring substituents is 1. The van der Waals surface area contributed by atoms with Crippen LogP contribution in [-0.2, 0) is 0 Å². The second-order valence-corrected chi connectivity index (χ2v) is 5.98. The van der Waals surface area contributed by atoms with Crippen LogP contribution < -0.4 is 9.47 Å². The Kier molecular flexibility index (Phi) is 5.08. The molecule has 0 aliphatic carbocycles. The maximum absolute atomic E-state index is 11.1.